The molecule has 0 aliphatic rings. The largest absolute Gasteiger partial charge is 0.375 e. The molecular weight excluding hydrogens is 256 g/mol. The molecule has 1 unspecified atom stereocenters. The number of nitrogens with one attached hydrogen (secondary N) is 1. The summed E-state index contributed by atoms with van der Waals surface area (Å²) < 4.78 is 5.61. The molecule has 0 saturated carbocycles. The molecule has 7 heteroatoms. The van der Waals surface area contributed by atoms with E-state index in [2.05, 4.69) is 25.3 Å². The van der Waals surface area contributed by atoms with Gasteiger partial charge in [0.25, 0.3) is 0 Å². The van der Waals surface area contributed by atoms with E-state index in [4.69, 9.17) is 10.5 Å². The van der Waals surface area contributed by atoms with Gasteiger partial charge in [-0.1, -0.05) is 6.07 Å². The molecule has 106 valence electrons. The Kier molecular flexibility index (Phi) is 4.78. The minimum Gasteiger partial charge on any atom is -0.375 e. The molecule has 7 nitrogen and oxygen atoms in total. The number of aryl methyl sites for hydroxylation is 1. The molecule has 0 saturated heterocycles. The number of pyridine rings is 1. The number of hydrogen-bond donors (Lipinski definition) is 2. The predicted octanol–water partition coefficient (Wildman–Crippen LogP) is 1.17. The molecule has 1 atom stereocenters. The fraction of sp³-hybridized carbons (Fsp3) is 0.385. The first-order chi connectivity index (χ1) is 9.63. The lowest BCUT2D eigenvalue weighted by molar-refractivity contribution is 0.115. The third-order valence-electron chi connectivity index (χ3n) is 2.50. The van der Waals surface area contributed by atoms with Crippen molar-refractivity contribution in [2.45, 2.75) is 26.5 Å². The van der Waals surface area contributed by atoms with E-state index in [0.29, 0.717) is 25.0 Å². The summed E-state index contributed by atoms with van der Waals surface area (Å²) in [5.41, 5.74) is 6.61. The van der Waals surface area contributed by atoms with Crippen LogP contribution in [0.25, 0.3) is 0 Å². The van der Waals surface area contributed by atoms with Gasteiger partial charge in [-0.05, 0) is 25.5 Å². The SMILES string of the molecule is Cc1nc(N)nc(NC(C)COCc2cccnc2)n1. The van der Waals surface area contributed by atoms with Gasteiger partial charge in [-0.3, -0.25) is 4.98 Å². The zero-order chi connectivity index (χ0) is 14.4. The average Bonchev–Trinajstić information content (AvgIpc) is 2.38. The van der Waals surface area contributed by atoms with E-state index >= 15 is 0 Å². The van der Waals surface area contributed by atoms with Gasteiger partial charge in [-0.25, -0.2) is 0 Å². The van der Waals surface area contributed by atoms with E-state index in [-0.39, 0.29) is 12.0 Å². The summed E-state index contributed by atoms with van der Waals surface area (Å²) in [6.45, 7) is 4.81. The molecule has 2 heterocycles. The van der Waals surface area contributed by atoms with E-state index < -0.39 is 0 Å². The first-order valence-corrected chi connectivity index (χ1v) is 6.35. The third-order valence-corrected chi connectivity index (χ3v) is 2.50. The molecule has 2 aromatic heterocycles. The second kappa shape index (κ2) is 6.76. The first-order valence-electron chi connectivity index (χ1n) is 6.35. The van der Waals surface area contributed by atoms with Crippen molar-refractivity contribution in [1.82, 2.24) is 19.9 Å². The van der Waals surface area contributed by atoms with Gasteiger partial charge in [0, 0.05) is 18.4 Å². The zero-order valence-electron chi connectivity index (χ0n) is 11.6. The second-order valence-corrected chi connectivity index (χ2v) is 4.49. The third kappa shape index (κ3) is 4.43. The fourth-order valence-corrected chi connectivity index (χ4v) is 1.67. The quantitative estimate of drug-likeness (QED) is 0.815. The van der Waals surface area contributed by atoms with Gasteiger partial charge >= 0.3 is 0 Å². The maximum atomic E-state index is 5.61. The van der Waals surface area contributed by atoms with Crippen LogP contribution in [-0.4, -0.2) is 32.6 Å². The molecule has 0 bridgehead atoms. The minimum absolute atomic E-state index is 0.0628. The highest BCUT2D eigenvalue weighted by Gasteiger charge is 2.06. The van der Waals surface area contributed by atoms with E-state index in [0.717, 1.165) is 5.56 Å². The summed E-state index contributed by atoms with van der Waals surface area (Å²) >= 11 is 0. The molecule has 3 N–H and O–H groups in total. The lowest BCUT2D eigenvalue weighted by Crippen LogP contribution is -2.23. The summed E-state index contributed by atoms with van der Waals surface area (Å²) in [5.74, 6) is 1.26. The molecule has 0 aliphatic heterocycles. The van der Waals surface area contributed by atoms with Crippen LogP contribution in [0.4, 0.5) is 11.9 Å². The van der Waals surface area contributed by atoms with Crippen LogP contribution < -0.4 is 11.1 Å². The van der Waals surface area contributed by atoms with Gasteiger partial charge in [0.1, 0.15) is 5.82 Å². The van der Waals surface area contributed by atoms with Gasteiger partial charge < -0.3 is 15.8 Å². The lowest BCUT2D eigenvalue weighted by Gasteiger charge is -2.14. The van der Waals surface area contributed by atoms with Gasteiger partial charge in [0.2, 0.25) is 11.9 Å². The Balaban J connectivity index is 1.79. The smallest absolute Gasteiger partial charge is 0.228 e. The molecule has 0 aliphatic carbocycles. The van der Waals surface area contributed by atoms with Crippen LogP contribution in [0.3, 0.4) is 0 Å². The predicted molar refractivity (Wildman–Crippen MR) is 76.0 cm³/mol. The van der Waals surface area contributed by atoms with Crippen LogP contribution in [-0.2, 0) is 11.3 Å². The van der Waals surface area contributed by atoms with Crippen molar-refractivity contribution in [3.63, 3.8) is 0 Å². The maximum absolute atomic E-state index is 5.61. The molecule has 20 heavy (non-hydrogen) atoms. The highest BCUT2D eigenvalue weighted by atomic mass is 16.5. The van der Waals surface area contributed by atoms with Crippen LogP contribution in [0, 0.1) is 6.92 Å². The molecular formula is C13H18N6O. The van der Waals surface area contributed by atoms with Gasteiger partial charge in [0.15, 0.2) is 0 Å². The molecule has 0 spiro atoms. The summed E-state index contributed by atoms with van der Waals surface area (Å²) in [6.07, 6.45) is 3.52. The second-order valence-electron chi connectivity index (χ2n) is 4.49. The zero-order valence-corrected chi connectivity index (χ0v) is 11.6. The van der Waals surface area contributed by atoms with Gasteiger partial charge in [0.05, 0.1) is 13.2 Å². The van der Waals surface area contributed by atoms with E-state index in [1.807, 2.05) is 19.1 Å². The number of nitrogens with zero attached hydrogens (tertiary/aromatic N) is 4. The summed E-state index contributed by atoms with van der Waals surface area (Å²) in [6, 6.07) is 3.92. The van der Waals surface area contributed by atoms with E-state index in [1.165, 1.54) is 0 Å². The summed E-state index contributed by atoms with van der Waals surface area (Å²) in [5, 5.41) is 3.13. The van der Waals surface area contributed by atoms with Crippen molar-refractivity contribution in [3.8, 4) is 0 Å². The normalized spacial score (nSPS) is 12.1. The van der Waals surface area contributed by atoms with Crippen molar-refractivity contribution in [1.29, 1.82) is 0 Å². The first kappa shape index (κ1) is 14.1. The highest BCUT2D eigenvalue weighted by Crippen LogP contribution is 2.05. The standard InChI is InChI=1S/C13H18N6O/c1-9(7-20-8-11-4-3-5-15-6-11)16-13-18-10(2)17-12(14)19-13/h3-6,9H,7-8H2,1-2H3,(H3,14,16,17,18,19). The number of anilines is 2. The van der Waals surface area contributed by atoms with Gasteiger partial charge in [-0.2, -0.15) is 15.0 Å². The molecule has 0 amide bonds. The molecule has 2 rings (SSSR count). The molecule has 0 fully saturated rings. The number of ether oxygens (including phenoxy) is 1. The van der Waals surface area contributed by atoms with Crippen LogP contribution >= 0.6 is 0 Å². The Morgan fingerprint density at radius 2 is 2.20 bits per heavy atom. The number of nitrogens with two attached hydrogens (primary N) is 1. The summed E-state index contributed by atoms with van der Waals surface area (Å²) in [4.78, 5) is 16.1. The Labute approximate surface area is 117 Å². The topological polar surface area (TPSA) is 98.8 Å². The fourth-order valence-electron chi connectivity index (χ4n) is 1.67. The van der Waals surface area contributed by atoms with Crippen LogP contribution in [0.5, 0.6) is 0 Å². The Bertz CT molecular complexity index is 528. The van der Waals surface area contributed by atoms with Gasteiger partial charge in [-0.15, -0.1) is 0 Å². The van der Waals surface area contributed by atoms with E-state index in [1.54, 1.807) is 19.3 Å². The Hall–Kier alpha value is -2.28. The number of nitrogen functional groups attached to an aromatic ring is 1. The van der Waals surface area contributed by atoms with Crippen molar-refractivity contribution in [3.05, 3.63) is 35.9 Å². The van der Waals surface area contributed by atoms with Crippen LogP contribution in [0.15, 0.2) is 24.5 Å². The molecule has 0 aromatic carbocycles. The number of hydrogen-bond acceptors (Lipinski definition) is 7. The Morgan fingerprint density at radius 1 is 1.35 bits per heavy atom. The monoisotopic (exact) mass is 274 g/mol. The maximum Gasteiger partial charge on any atom is 0.228 e. The van der Waals surface area contributed by atoms with Crippen molar-refractivity contribution in [2.24, 2.45) is 0 Å². The average molecular weight is 274 g/mol. The van der Waals surface area contributed by atoms with Crippen LogP contribution in [0.1, 0.15) is 18.3 Å². The lowest BCUT2D eigenvalue weighted by atomic mass is 10.3. The van der Waals surface area contributed by atoms with Crippen molar-refractivity contribution >= 4 is 11.9 Å². The van der Waals surface area contributed by atoms with Crippen molar-refractivity contribution < 1.29 is 4.74 Å². The van der Waals surface area contributed by atoms with Crippen molar-refractivity contribution in [2.75, 3.05) is 17.7 Å². The highest BCUT2D eigenvalue weighted by molar-refractivity contribution is 5.31. The minimum atomic E-state index is 0.0628. The molecule has 0 radical (unpaired) electrons. The van der Waals surface area contributed by atoms with E-state index in [9.17, 15) is 0 Å². The number of aromatic nitrogens is 4. The van der Waals surface area contributed by atoms with Crippen LogP contribution in [0.2, 0.25) is 0 Å². The number of rotatable bonds is 6. The Morgan fingerprint density at radius 3 is 2.90 bits per heavy atom. The molecule has 2 aromatic rings. The summed E-state index contributed by atoms with van der Waals surface area (Å²) in [7, 11) is 0.